The van der Waals surface area contributed by atoms with Gasteiger partial charge in [0.05, 0.1) is 14.2 Å². The van der Waals surface area contributed by atoms with Crippen LogP contribution in [0.4, 0.5) is 0 Å². The molecular formula is C3H8O4P2+2. The minimum Gasteiger partial charge on any atom is -0.146 e. The van der Waals surface area contributed by atoms with Gasteiger partial charge in [-0.2, -0.15) is 0 Å². The first-order valence-electron chi connectivity index (χ1n) is 2.18. The first-order chi connectivity index (χ1) is 4.20. The van der Waals surface area contributed by atoms with Crippen LogP contribution < -0.4 is 0 Å². The fraction of sp³-hybridized carbons (Fsp3) is 1.00. The third-order valence-corrected chi connectivity index (χ3v) is 3.30. The molecule has 0 aliphatic carbocycles. The van der Waals surface area contributed by atoms with E-state index < -0.39 is 16.1 Å². The molecule has 0 heterocycles. The highest BCUT2D eigenvalue weighted by Crippen LogP contribution is 2.35. The fourth-order valence-corrected chi connectivity index (χ4v) is 1.89. The van der Waals surface area contributed by atoms with Crippen molar-refractivity contribution in [3.05, 3.63) is 0 Å². The van der Waals surface area contributed by atoms with E-state index in [0.717, 1.165) is 0 Å². The number of hydrogen-bond acceptors (Lipinski definition) is 4. The molecule has 4 nitrogen and oxygen atoms in total. The van der Waals surface area contributed by atoms with Gasteiger partial charge in [0, 0.05) is 0 Å². The highest BCUT2D eigenvalue weighted by atomic mass is 31.2. The molecule has 0 rings (SSSR count). The van der Waals surface area contributed by atoms with Crippen LogP contribution >= 0.6 is 16.1 Å². The molecule has 0 aromatic carbocycles. The van der Waals surface area contributed by atoms with Crippen LogP contribution in [0.2, 0.25) is 0 Å². The molecule has 0 fully saturated rings. The van der Waals surface area contributed by atoms with Gasteiger partial charge in [-0.25, -0.2) is 0 Å². The summed E-state index contributed by atoms with van der Waals surface area (Å²) in [6.07, 6.45) is 0. The van der Waals surface area contributed by atoms with Crippen molar-refractivity contribution < 1.29 is 18.2 Å². The maximum Gasteiger partial charge on any atom is 0.563 e. The van der Waals surface area contributed by atoms with Crippen molar-refractivity contribution in [3.8, 4) is 0 Å². The van der Waals surface area contributed by atoms with Crippen LogP contribution in [0, 0.1) is 0 Å². The molecule has 0 radical (unpaired) electrons. The standard InChI is InChI=1S/C3H8O4P2/c1-6-8(4)3-9(5)7-2/h3H2,1-2H3/q+2. The molecular weight excluding hydrogens is 162 g/mol. The first kappa shape index (κ1) is 9.12. The molecule has 0 aliphatic heterocycles. The van der Waals surface area contributed by atoms with Crippen molar-refractivity contribution in [2.75, 3.05) is 20.1 Å². The Morgan fingerprint density at radius 3 is 1.67 bits per heavy atom. The van der Waals surface area contributed by atoms with E-state index in [0.29, 0.717) is 0 Å². The van der Waals surface area contributed by atoms with E-state index in [4.69, 9.17) is 0 Å². The van der Waals surface area contributed by atoms with Crippen molar-refractivity contribution in [2.45, 2.75) is 0 Å². The maximum absolute atomic E-state index is 10.4. The lowest BCUT2D eigenvalue weighted by molar-refractivity contribution is 0.405. The summed E-state index contributed by atoms with van der Waals surface area (Å²) in [5.74, 6) is -0.0162. The predicted octanol–water partition coefficient (Wildman–Crippen LogP) is 1.72. The van der Waals surface area contributed by atoms with Crippen molar-refractivity contribution in [1.82, 2.24) is 0 Å². The summed E-state index contributed by atoms with van der Waals surface area (Å²) in [6, 6.07) is 0. The topological polar surface area (TPSA) is 52.6 Å². The highest BCUT2D eigenvalue weighted by molar-refractivity contribution is 7.57. The molecule has 9 heavy (non-hydrogen) atoms. The van der Waals surface area contributed by atoms with E-state index in [9.17, 15) is 9.13 Å². The van der Waals surface area contributed by atoms with Crippen molar-refractivity contribution in [1.29, 1.82) is 0 Å². The van der Waals surface area contributed by atoms with Gasteiger partial charge in [0.25, 0.3) is 0 Å². The molecule has 0 saturated carbocycles. The third kappa shape index (κ3) is 4.61. The van der Waals surface area contributed by atoms with Crippen molar-refractivity contribution in [3.63, 3.8) is 0 Å². The second kappa shape index (κ2) is 4.95. The molecule has 0 spiro atoms. The van der Waals surface area contributed by atoms with E-state index >= 15 is 0 Å². The van der Waals surface area contributed by atoms with Crippen molar-refractivity contribution in [2.24, 2.45) is 0 Å². The maximum atomic E-state index is 10.4. The summed E-state index contributed by atoms with van der Waals surface area (Å²) < 4.78 is 29.6. The molecule has 2 atom stereocenters. The van der Waals surface area contributed by atoms with Gasteiger partial charge in [-0.15, -0.1) is 9.05 Å². The van der Waals surface area contributed by atoms with Crippen LogP contribution in [0.25, 0.3) is 0 Å². The molecule has 52 valence electrons. The third-order valence-electron chi connectivity index (χ3n) is 0.638. The SMILES string of the molecule is CO[P+](=O)C[P+](=O)OC. The van der Waals surface area contributed by atoms with E-state index in [2.05, 4.69) is 9.05 Å². The van der Waals surface area contributed by atoms with Crippen LogP contribution in [0.3, 0.4) is 0 Å². The Hall–Kier alpha value is 0.120. The molecule has 0 aromatic heterocycles. The van der Waals surface area contributed by atoms with Crippen LogP contribution in [-0.4, -0.2) is 20.1 Å². The Bertz CT molecular complexity index is 109. The van der Waals surface area contributed by atoms with Gasteiger partial charge in [0.2, 0.25) is 0 Å². The molecule has 0 amide bonds. The van der Waals surface area contributed by atoms with Gasteiger partial charge in [0.1, 0.15) is 0 Å². The lowest BCUT2D eigenvalue weighted by Gasteiger charge is -1.70. The zero-order valence-electron chi connectivity index (χ0n) is 5.23. The van der Waals surface area contributed by atoms with Crippen LogP contribution in [-0.2, 0) is 18.2 Å². The van der Waals surface area contributed by atoms with E-state index in [1.54, 1.807) is 0 Å². The van der Waals surface area contributed by atoms with Gasteiger partial charge in [-0.3, -0.25) is 0 Å². The molecule has 0 saturated heterocycles. The molecule has 0 aromatic rings. The van der Waals surface area contributed by atoms with Crippen LogP contribution in [0.1, 0.15) is 0 Å². The van der Waals surface area contributed by atoms with E-state index in [1.165, 1.54) is 14.2 Å². The summed E-state index contributed by atoms with van der Waals surface area (Å²) in [7, 11) is -0.958. The molecule has 0 bridgehead atoms. The zero-order chi connectivity index (χ0) is 7.28. The summed E-state index contributed by atoms with van der Waals surface area (Å²) in [5, 5.41) is 0. The van der Waals surface area contributed by atoms with Gasteiger partial charge in [-0.05, 0) is 9.13 Å². The summed E-state index contributed by atoms with van der Waals surface area (Å²) in [5.41, 5.74) is 0. The lowest BCUT2D eigenvalue weighted by Crippen LogP contribution is -1.74. The monoisotopic (exact) mass is 170 g/mol. The summed E-state index contributed by atoms with van der Waals surface area (Å²) in [6.45, 7) is 0. The Kier molecular flexibility index (Phi) is 5.02. The minimum atomic E-state index is -1.78. The Labute approximate surface area is 55.3 Å². The minimum absolute atomic E-state index is 0.0162. The summed E-state index contributed by atoms with van der Waals surface area (Å²) >= 11 is 0. The fourth-order valence-electron chi connectivity index (χ4n) is 0.210. The lowest BCUT2D eigenvalue weighted by atomic mass is 11.8. The average Bonchev–Trinajstić information content (AvgIpc) is 1.87. The van der Waals surface area contributed by atoms with Crippen molar-refractivity contribution >= 4 is 16.1 Å². The quantitative estimate of drug-likeness (QED) is 0.602. The predicted molar refractivity (Wildman–Crippen MR) is 34.1 cm³/mol. The van der Waals surface area contributed by atoms with E-state index in [-0.39, 0.29) is 5.90 Å². The summed E-state index contributed by atoms with van der Waals surface area (Å²) in [4.78, 5) is 0. The van der Waals surface area contributed by atoms with Crippen LogP contribution in [0.5, 0.6) is 0 Å². The Morgan fingerprint density at radius 2 is 1.44 bits per heavy atom. The normalized spacial score (nSPS) is 13.1. The molecule has 0 aliphatic rings. The molecule has 2 unspecified atom stereocenters. The number of rotatable bonds is 4. The smallest absolute Gasteiger partial charge is 0.146 e. The molecule has 6 heteroatoms. The van der Waals surface area contributed by atoms with Gasteiger partial charge < -0.3 is 0 Å². The molecule has 0 N–H and O–H groups in total. The Balaban J connectivity index is 3.47. The van der Waals surface area contributed by atoms with Gasteiger partial charge in [0.15, 0.2) is 0 Å². The van der Waals surface area contributed by atoms with Gasteiger partial charge >= 0.3 is 22.0 Å². The van der Waals surface area contributed by atoms with Gasteiger partial charge in [-0.1, -0.05) is 0 Å². The largest absolute Gasteiger partial charge is 0.563 e. The number of hydrogen-bond donors (Lipinski definition) is 0. The zero-order valence-corrected chi connectivity index (χ0v) is 7.02. The second-order valence-corrected chi connectivity index (χ2v) is 4.36. The first-order valence-corrected chi connectivity index (χ1v) is 4.90. The second-order valence-electron chi connectivity index (χ2n) is 1.17. The van der Waals surface area contributed by atoms with Crippen LogP contribution in [0.15, 0.2) is 0 Å². The average molecular weight is 170 g/mol. The Morgan fingerprint density at radius 1 is 1.11 bits per heavy atom. The van der Waals surface area contributed by atoms with E-state index in [1.807, 2.05) is 0 Å². The highest BCUT2D eigenvalue weighted by Gasteiger charge is 2.32.